The third-order valence-electron chi connectivity index (χ3n) is 3.76. The Morgan fingerprint density at radius 1 is 1.16 bits per heavy atom. The molecule has 1 aromatic rings. The van der Waals surface area contributed by atoms with Crippen molar-refractivity contribution >= 4 is 11.7 Å². The highest BCUT2D eigenvalue weighted by Gasteiger charge is 2.39. The molecule has 1 aromatic carbocycles. The molecular formula is C15H24N2O2. The van der Waals surface area contributed by atoms with Crippen LogP contribution in [0.1, 0.15) is 26.3 Å². The second kappa shape index (κ2) is 6.06. The summed E-state index contributed by atoms with van der Waals surface area (Å²) in [6.07, 6.45) is 0. The van der Waals surface area contributed by atoms with Crippen molar-refractivity contribution < 1.29 is 9.90 Å². The molecule has 4 heteroatoms. The van der Waals surface area contributed by atoms with Crippen LogP contribution in [-0.4, -0.2) is 43.2 Å². The van der Waals surface area contributed by atoms with Crippen molar-refractivity contribution in [1.29, 1.82) is 0 Å². The number of carboxylic acids is 1. The number of rotatable bonds is 6. The zero-order chi connectivity index (χ0) is 14.6. The molecule has 0 heterocycles. The molecule has 0 aliphatic carbocycles. The summed E-state index contributed by atoms with van der Waals surface area (Å²) in [5, 5.41) is 9.64. The molecule has 0 saturated heterocycles. The predicted octanol–water partition coefficient (Wildman–Crippen LogP) is 2.39. The highest BCUT2D eigenvalue weighted by Crippen LogP contribution is 2.29. The predicted molar refractivity (Wildman–Crippen MR) is 78.7 cm³/mol. The summed E-state index contributed by atoms with van der Waals surface area (Å²) in [5.41, 5.74) is 0.902. The van der Waals surface area contributed by atoms with Crippen LogP contribution in [-0.2, 0) is 10.3 Å². The van der Waals surface area contributed by atoms with E-state index in [0.29, 0.717) is 13.1 Å². The Balaban J connectivity index is 3.22. The lowest BCUT2D eigenvalue weighted by molar-refractivity contribution is -0.151. The maximum absolute atomic E-state index is 11.7. The van der Waals surface area contributed by atoms with Gasteiger partial charge in [-0.15, -0.1) is 0 Å². The third kappa shape index (κ3) is 2.89. The fourth-order valence-corrected chi connectivity index (χ4v) is 2.38. The number of aliphatic carboxylic acids is 1. The van der Waals surface area contributed by atoms with E-state index in [1.54, 1.807) is 6.92 Å². The first kappa shape index (κ1) is 15.5. The molecule has 0 aliphatic heterocycles. The monoisotopic (exact) mass is 264 g/mol. The molecule has 0 saturated carbocycles. The molecule has 0 radical (unpaired) electrons. The first-order valence-electron chi connectivity index (χ1n) is 6.64. The lowest BCUT2D eigenvalue weighted by Crippen LogP contribution is -2.49. The molecule has 0 fully saturated rings. The molecule has 0 aromatic heterocycles. The molecule has 0 aliphatic rings. The summed E-state index contributed by atoms with van der Waals surface area (Å²) < 4.78 is 0. The van der Waals surface area contributed by atoms with Gasteiger partial charge in [0.25, 0.3) is 0 Å². The van der Waals surface area contributed by atoms with Crippen LogP contribution >= 0.6 is 0 Å². The Hall–Kier alpha value is -1.55. The topological polar surface area (TPSA) is 43.8 Å². The van der Waals surface area contributed by atoms with Crippen LogP contribution in [0.3, 0.4) is 0 Å². The number of anilines is 1. The Bertz CT molecular complexity index is 424. The van der Waals surface area contributed by atoms with E-state index < -0.39 is 11.5 Å². The maximum Gasteiger partial charge on any atom is 0.328 e. The summed E-state index contributed by atoms with van der Waals surface area (Å²) in [5.74, 6) is -0.811. The Morgan fingerprint density at radius 2 is 1.63 bits per heavy atom. The molecule has 19 heavy (non-hydrogen) atoms. The first-order valence-corrected chi connectivity index (χ1v) is 6.64. The van der Waals surface area contributed by atoms with Gasteiger partial charge >= 0.3 is 5.97 Å². The van der Waals surface area contributed by atoms with Crippen LogP contribution in [0.5, 0.6) is 0 Å². The molecule has 4 nitrogen and oxygen atoms in total. The average molecular weight is 264 g/mol. The first-order chi connectivity index (χ1) is 8.87. The van der Waals surface area contributed by atoms with Gasteiger partial charge in [0.1, 0.15) is 5.54 Å². The average Bonchev–Trinajstić information content (AvgIpc) is 2.39. The fraction of sp³-hybridized carbons (Fsp3) is 0.533. The standard InChI is InChI=1S/C15H24N2O2/c1-6-17(7-2)15(3,14(18)19)12-8-10-13(11-9-12)16(4)5/h8-11H,6-7H2,1-5H3,(H,18,19). The second-order valence-corrected chi connectivity index (χ2v) is 4.99. The minimum absolute atomic E-state index is 0.703. The molecule has 1 N–H and O–H groups in total. The molecule has 0 bridgehead atoms. The van der Waals surface area contributed by atoms with E-state index in [1.165, 1.54) is 0 Å². The lowest BCUT2D eigenvalue weighted by atomic mass is 9.89. The summed E-state index contributed by atoms with van der Waals surface area (Å²) >= 11 is 0. The van der Waals surface area contributed by atoms with Gasteiger partial charge in [0, 0.05) is 19.8 Å². The molecular weight excluding hydrogens is 240 g/mol. The Kier molecular flexibility index (Phi) is 4.95. The molecule has 0 amide bonds. The third-order valence-corrected chi connectivity index (χ3v) is 3.76. The van der Waals surface area contributed by atoms with Crippen LogP contribution in [0.4, 0.5) is 5.69 Å². The second-order valence-electron chi connectivity index (χ2n) is 4.99. The van der Waals surface area contributed by atoms with Crippen LogP contribution in [0, 0.1) is 0 Å². The van der Waals surface area contributed by atoms with Gasteiger partial charge in [-0.1, -0.05) is 26.0 Å². The number of hydrogen-bond donors (Lipinski definition) is 1. The van der Waals surface area contributed by atoms with E-state index in [4.69, 9.17) is 0 Å². The van der Waals surface area contributed by atoms with Crippen molar-refractivity contribution in [3.63, 3.8) is 0 Å². The smallest absolute Gasteiger partial charge is 0.328 e. The van der Waals surface area contributed by atoms with Gasteiger partial charge in [-0.2, -0.15) is 0 Å². The minimum Gasteiger partial charge on any atom is -0.480 e. The number of nitrogens with zero attached hydrogens (tertiary/aromatic N) is 2. The summed E-state index contributed by atoms with van der Waals surface area (Å²) in [6, 6.07) is 7.73. The molecule has 1 atom stereocenters. The fourth-order valence-electron chi connectivity index (χ4n) is 2.38. The van der Waals surface area contributed by atoms with E-state index >= 15 is 0 Å². The number of benzene rings is 1. The summed E-state index contributed by atoms with van der Waals surface area (Å²) in [7, 11) is 3.94. The van der Waals surface area contributed by atoms with Crippen LogP contribution in [0.2, 0.25) is 0 Å². The van der Waals surface area contributed by atoms with Gasteiger partial charge in [-0.25, -0.2) is 4.79 Å². The molecule has 1 unspecified atom stereocenters. The number of carboxylic acid groups (broad SMARTS) is 1. The van der Waals surface area contributed by atoms with E-state index in [-0.39, 0.29) is 0 Å². The SMILES string of the molecule is CCN(CC)C(C)(C(=O)O)c1ccc(N(C)C)cc1. The highest BCUT2D eigenvalue weighted by atomic mass is 16.4. The van der Waals surface area contributed by atoms with Crippen molar-refractivity contribution in [3.05, 3.63) is 29.8 Å². The van der Waals surface area contributed by atoms with Crippen LogP contribution in [0.15, 0.2) is 24.3 Å². The Labute approximate surface area is 115 Å². The van der Waals surface area contributed by atoms with Gasteiger partial charge in [0.05, 0.1) is 0 Å². The maximum atomic E-state index is 11.7. The van der Waals surface area contributed by atoms with E-state index in [9.17, 15) is 9.90 Å². The van der Waals surface area contributed by atoms with E-state index in [0.717, 1.165) is 11.3 Å². The number of likely N-dealkylation sites (N-methyl/N-ethyl adjacent to an activating group) is 1. The van der Waals surface area contributed by atoms with Crippen molar-refractivity contribution in [2.24, 2.45) is 0 Å². The molecule has 106 valence electrons. The van der Waals surface area contributed by atoms with Crippen LogP contribution < -0.4 is 4.90 Å². The molecule has 1 rings (SSSR count). The van der Waals surface area contributed by atoms with Gasteiger partial charge < -0.3 is 10.0 Å². The number of carbonyl (C=O) groups is 1. The summed E-state index contributed by atoms with van der Waals surface area (Å²) in [6.45, 7) is 7.15. The van der Waals surface area contributed by atoms with Gasteiger partial charge in [0.2, 0.25) is 0 Å². The van der Waals surface area contributed by atoms with E-state index in [1.807, 2.05) is 62.0 Å². The van der Waals surface area contributed by atoms with E-state index in [2.05, 4.69) is 0 Å². The lowest BCUT2D eigenvalue weighted by Gasteiger charge is -2.37. The van der Waals surface area contributed by atoms with Crippen LogP contribution in [0.25, 0.3) is 0 Å². The minimum atomic E-state index is -0.978. The van der Waals surface area contributed by atoms with Gasteiger partial charge in [-0.05, 0) is 37.7 Å². The van der Waals surface area contributed by atoms with Crippen molar-refractivity contribution in [2.45, 2.75) is 26.3 Å². The largest absolute Gasteiger partial charge is 0.480 e. The number of hydrogen-bond acceptors (Lipinski definition) is 3. The zero-order valence-electron chi connectivity index (χ0n) is 12.5. The van der Waals surface area contributed by atoms with Gasteiger partial charge in [0.15, 0.2) is 0 Å². The highest BCUT2D eigenvalue weighted by molar-refractivity contribution is 5.80. The quantitative estimate of drug-likeness (QED) is 0.857. The summed E-state index contributed by atoms with van der Waals surface area (Å²) in [4.78, 5) is 15.7. The van der Waals surface area contributed by atoms with Crippen molar-refractivity contribution in [2.75, 3.05) is 32.1 Å². The molecule has 0 spiro atoms. The van der Waals surface area contributed by atoms with Gasteiger partial charge in [-0.3, -0.25) is 4.90 Å². The normalized spacial score (nSPS) is 14.2. The zero-order valence-corrected chi connectivity index (χ0v) is 12.5. The van der Waals surface area contributed by atoms with Crippen molar-refractivity contribution in [1.82, 2.24) is 4.90 Å². The van der Waals surface area contributed by atoms with Crippen molar-refractivity contribution in [3.8, 4) is 0 Å². The Morgan fingerprint density at radius 3 is 1.95 bits per heavy atom.